The molecule has 122 valence electrons. The number of nitrogens with zero attached hydrogens (tertiary/aromatic N) is 2. The van der Waals surface area contributed by atoms with E-state index in [1.54, 1.807) is 18.0 Å². The smallest absolute Gasteiger partial charge is 0.236 e. The average molecular weight is 309 g/mol. The molecule has 6 heteroatoms. The van der Waals surface area contributed by atoms with Crippen LogP contribution in [0.4, 0.5) is 4.39 Å². The lowest BCUT2D eigenvalue weighted by Gasteiger charge is -2.30. The monoisotopic (exact) mass is 309 g/mol. The summed E-state index contributed by atoms with van der Waals surface area (Å²) in [6.07, 6.45) is 0.125. The maximum Gasteiger partial charge on any atom is 0.236 e. The zero-order valence-corrected chi connectivity index (χ0v) is 13.2. The van der Waals surface area contributed by atoms with Crippen molar-refractivity contribution in [2.75, 3.05) is 46.9 Å². The van der Waals surface area contributed by atoms with Gasteiger partial charge in [-0.15, -0.1) is 0 Å². The molecule has 1 amide bonds. The van der Waals surface area contributed by atoms with Crippen molar-refractivity contribution in [1.29, 1.82) is 0 Å². The number of carbonyl (C=O) groups is 1. The Labute approximate surface area is 131 Å². The largest absolute Gasteiger partial charge is 0.374 e. The van der Waals surface area contributed by atoms with Gasteiger partial charge in [0.25, 0.3) is 0 Å². The number of halogens is 1. The number of likely N-dealkylation sites (N-methyl/N-ethyl adjacent to an activating group) is 2. The molecule has 0 aliphatic carbocycles. The fourth-order valence-corrected chi connectivity index (χ4v) is 2.46. The van der Waals surface area contributed by atoms with Crippen molar-refractivity contribution in [3.63, 3.8) is 0 Å². The van der Waals surface area contributed by atoms with Crippen LogP contribution in [0.1, 0.15) is 5.56 Å². The molecule has 0 aromatic heterocycles. The number of rotatable bonds is 6. The molecule has 5 nitrogen and oxygen atoms in total. The lowest BCUT2D eigenvalue weighted by Crippen LogP contribution is -2.46. The second-order valence-corrected chi connectivity index (χ2v) is 5.77. The first kappa shape index (κ1) is 16.9. The predicted molar refractivity (Wildman–Crippen MR) is 83.0 cm³/mol. The maximum atomic E-state index is 13.1. The number of nitrogens with one attached hydrogen (secondary N) is 1. The van der Waals surface area contributed by atoms with Crippen LogP contribution in [0.3, 0.4) is 0 Å². The summed E-state index contributed by atoms with van der Waals surface area (Å²) in [5, 5.41) is 3.14. The lowest BCUT2D eigenvalue weighted by atomic mass is 10.2. The fourth-order valence-electron chi connectivity index (χ4n) is 2.46. The molecule has 0 bridgehead atoms. The second-order valence-electron chi connectivity index (χ2n) is 5.77. The third-order valence-electron chi connectivity index (χ3n) is 3.72. The van der Waals surface area contributed by atoms with E-state index in [4.69, 9.17) is 4.74 Å². The maximum absolute atomic E-state index is 13.1. The van der Waals surface area contributed by atoms with Crippen molar-refractivity contribution in [3.05, 3.63) is 35.6 Å². The van der Waals surface area contributed by atoms with Crippen LogP contribution >= 0.6 is 0 Å². The quantitative estimate of drug-likeness (QED) is 0.840. The van der Waals surface area contributed by atoms with Gasteiger partial charge in [-0.2, -0.15) is 0 Å². The van der Waals surface area contributed by atoms with Crippen LogP contribution in [0.2, 0.25) is 0 Å². The molecule has 0 radical (unpaired) electrons. The van der Waals surface area contributed by atoms with Crippen molar-refractivity contribution < 1.29 is 13.9 Å². The Kier molecular flexibility index (Phi) is 6.30. The molecular weight excluding hydrogens is 285 g/mol. The van der Waals surface area contributed by atoms with Gasteiger partial charge in [0.1, 0.15) is 5.82 Å². The zero-order chi connectivity index (χ0) is 15.9. The van der Waals surface area contributed by atoms with Crippen molar-refractivity contribution in [2.24, 2.45) is 0 Å². The molecule has 1 heterocycles. The van der Waals surface area contributed by atoms with E-state index in [0.717, 1.165) is 25.3 Å². The number of carbonyl (C=O) groups excluding carboxylic acids is 1. The van der Waals surface area contributed by atoms with Crippen LogP contribution < -0.4 is 5.32 Å². The Balaban J connectivity index is 1.70. The van der Waals surface area contributed by atoms with Crippen LogP contribution in [0.15, 0.2) is 24.3 Å². The highest BCUT2D eigenvalue weighted by Crippen LogP contribution is 2.06. The van der Waals surface area contributed by atoms with E-state index in [9.17, 15) is 9.18 Å². The summed E-state index contributed by atoms with van der Waals surface area (Å²) in [7, 11) is 3.78. The van der Waals surface area contributed by atoms with Crippen LogP contribution in [-0.4, -0.2) is 68.7 Å². The lowest BCUT2D eigenvalue weighted by molar-refractivity contribution is -0.129. The van der Waals surface area contributed by atoms with E-state index in [1.165, 1.54) is 12.1 Å². The number of ether oxygens (including phenoxy) is 1. The standard InChI is InChI=1S/C16H24FN3O2/c1-19-6-7-22-15(12-19)9-18-10-16(21)20(2)11-13-4-3-5-14(17)8-13/h3-5,8,15,18H,6-7,9-12H2,1-2H3. The number of hydrogen-bond acceptors (Lipinski definition) is 4. The second kappa shape index (κ2) is 8.22. The molecule has 1 aliphatic heterocycles. The van der Waals surface area contributed by atoms with Gasteiger partial charge < -0.3 is 19.9 Å². The highest BCUT2D eigenvalue weighted by Gasteiger charge is 2.18. The van der Waals surface area contributed by atoms with Crippen LogP contribution in [-0.2, 0) is 16.1 Å². The average Bonchev–Trinajstić information content (AvgIpc) is 2.47. The summed E-state index contributed by atoms with van der Waals surface area (Å²) in [5.41, 5.74) is 0.785. The molecule has 22 heavy (non-hydrogen) atoms. The topological polar surface area (TPSA) is 44.8 Å². The van der Waals surface area contributed by atoms with E-state index in [-0.39, 0.29) is 24.4 Å². The van der Waals surface area contributed by atoms with E-state index >= 15 is 0 Å². The molecule has 1 N–H and O–H groups in total. The zero-order valence-electron chi connectivity index (χ0n) is 13.2. The van der Waals surface area contributed by atoms with Crippen molar-refractivity contribution in [2.45, 2.75) is 12.6 Å². The summed E-state index contributed by atoms with van der Waals surface area (Å²) >= 11 is 0. The molecule has 1 aromatic rings. The molecule has 2 rings (SSSR count). The van der Waals surface area contributed by atoms with Crippen molar-refractivity contribution >= 4 is 5.91 Å². The molecule has 0 saturated carbocycles. The molecular formula is C16H24FN3O2. The van der Waals surface area contributed by atoms with Crippen LogP contribution in [0, 0.1) is 5.82 Å². The molecule has 0 spiro atoms. The number of morpholine rings is 1. The van der Waals surface area contributed by atoms with Gasteiger partial charge in [0.2, 0.25) is 5.91 Å². The Morgan fingerprint density at radius 1 is 1.55 bits per heavy atom. The first-order valence-corrected chi connectivity index (χ1v) is 7.54. The normalized spacial score (nSPS) is 19.1. The summed E-state index contributed by atoms with van der Waals surface area (Å²) in [6, 6.07) is 6.31. The van der Waals surface area contributed by atoms with E-state index < -0.39 is 0 Å². The summed E-state index contributed by atoms with van der Waals surface area (Å²) < 4.78 is 18.8. The molecule has 1 aromatic carbocycles. The summed E-state index contributed by atoms with van der Waals surface area (Å²) in [5.74, 6) is -0.302. The summed E-state index contributed by atoms with van der Waals surface area (Å²) in [4.78, 5) is 15.9. The Hall–Kier alpha value is -1.50. The molecule has 1 atom stereocenters. The Bertz CT molecular complexity index is 498. The highest BCUT2D eigenvalue weighted by molar-refractivity contribution is 5.77. The minimum Gasteiger partial charge on any atom is -0.374 e. The summed E-state index contributed by atoms with van der Waals surface area (Å²) in [6.45, 7) is 3.88. The SMILES string of the molecule is CN1CCOC(CNCC(=O)N(C)Cc2cccc(F)c2)C1. The van der Waals surface area contributed by atoms with Gasteiger partial charge >= 0.3 is 0 Å². The molecule has 1 unspecified atom stereocenters. The third kappa shape index (κ3) is 5.36. The van der Waals surface area contributed by atoms with Crippen molar-refractivity contribution in [3.8, 4) is 0 Å². The Morgan fingerprint density at radius 3 is 3.09 bits per heavy atom. The third-order valence-corrected chi connectivity index (χ3v) is 3.72. The van der Waals surface area contributed by atoms with Gasteiger partial charge in [-0.3, -0.25) is 4.79 Å². The van der Waals surface area contributed by atoms with Gasteiger partial charge in [-0.25, -0.2) is 4.39 Å². The predicted octanol–water partition coefficient (Wildman–Crippen LogP) is 0.704. The highest BCUT2D eigenvalue weighted by atomic mass is 19.1. The Morgan fingerprint density at radius 2 is 2.36 bits per heavy atom. The number of amides is 1. The minimum absolute atomic E-state index is 0.0200. The van der Waals surface area contributed by atoms with Crippen molar-refractivity contribution in [1.82, 2.24) is 15.1 Å². The van der Waals surface area contributed by atoms with E-state index in [1.807, 2.05) is 6.07 Å². The van der Waals surface area contributed by atoms with E-state index in [2.05, 4.69) is 17.3 Å². The minimum atomic E-state index is -0.282. The van der Waals surface area contributed by atoms with Gasteiger partial charge in [0, 0.05) is 33.2 Å². The van der Waals surface area contributed by atoms with Gasteiger partial charge in [-0.05, 0) is 24.7 Å². The first-order valence-electron chi connectivity index (χ1n) is 7.54. The molecule has 1 saturated heterocycles. The van der Waals surface area contributed by atoms with Crippen LogP contribution in [0.5, 0.6) is 0 Å². The van der Waals surface area contributed by atoms with E-state index in [0.29, 0.717) is 13.1 Å². The number of benzene rings is 1. The molecule has 1 fully saturated rings. The van der Waals surface area contributed by atoms with Gasteiger partial charge in [0.05, 0.1) is 19.3 Å². The molecule has 1 aliphatic rings. The van der Waals surface area contributed by atoms with Crippen LogP contribution in [0.25, 0.3) is 0 Å². The fraction of sp³-hybridized carbons (Fsp3) is 0.562. The first-order chi connectivity index (χ1) is 10.5. The van der Waals surface area contributed by atoms with Gasteiger partial charge in [0.15, 0.2) is 0 Å². The number of hydrogen-bond donors (Lipinski definition) is 1. The van der Waals surface area contributed by atoms with Gasteiger partial charge in [-0.1, -0.05) is 12.1 Å².